The molecule has 2 atom stereocenters. The van der Waals surface area contributed by atoms with Gasteiger partial charge in [-0.15, -0.1) is 0 Å². The van der Waals surface area contributed by atoms with Gasteiger partial charge in [0.25, 0.3) is 0 Å². The molecule has 0 unspecified atom stereocenters. The van der Waals surface area contributed by atoms with Crippen LogP contribution in [0.5, 0.6) is 0 Å². The van der Waals surface area contributed by atoms with Gasteiger partial charge in [-0.25, -0.2) is 0 Å². The van der Waals surface area contributed by atoms with Crippen molar-refractivity contribution < 1.29 is 9.47 Å². The molecule has 0 amide bonds. The predicted octanol–water partition coefficient (Wildman–Crippen LogP) is 2.57. The van der Waals surface area contributed by atoms with Crippen molar-refractivity contribution in [1.29, 1.82) is 0 Å². The van der Waals surface area contributed by atoms with Crippen molar-refractivity contribution in [1.82, 2.24) is 0 Å². The molecular formula is C11H20O2. The first kappa shape index (κ1) is 9.47. The fraction of sp³-hybridized carbons (Fsp3) is 1.00. The third kappa shape index (κ3) is 0.774. The molecule has 1 saturated carbocycles. The van der Waals surface area contributed by atoms with E-state index in [-0.39, 0.29) is 28.8 Å². The van der Waals surface area contributed by atoms with Gasteiger partial charge in [-0.1, -0.05) is 27.7 Å². The molecule has 0 N–H and O–H groups in total. The lowest BCUT2D eigenvalue weighted by Crippen LogP contribution is -2.20. The van der Waals surface area contributed by atoms with E-state index in [1.165, 1.54) is 0 Å². The first-order valence-electron chi connectivity index (χ1n) is 5.12. The van der Waals surface area contributed by atoms with Crippen LogP contribution in [0.1, 0.15) is 41.5 Å². The van der Waals surface area contributed by atoms with Gasteiger partial charge in [0.05, 0.1) is 12.2 Å². The first-order valence-corrected chi connectivity index (χ1v) is 5.12. The van der Waals surface area contributed by atoms with Gasteiger partial charge in [-0.2, -0.15) is 0 Å². The molecule has 1 aliphatic carbocycles. The first-order chi connectivity index (χ1) is 5.76. The van der Waals surface area contributed by atoms with Crippen LogP contribution >= 0.6 is 0 Å². The van der Waals surface area contributed by atoms with Gasteiger partial charge in [0.1, 0.15) is 0 Å². The van der Waals surface area contributed by atoms with Crippen LogP contribution in [-0.4, -0.2) is 18.0 Å². The second-order valence-electron chi connectivity index (χ2n) is 5.51. The van der Waals surface area contributed by atoms with Crippen molar-refractivity contribution in [3.63, 3.8) is 0 Å². The number of rotatable bonds is 0. The lowest BCUT2D eigenvalue weighted by molar-refractivity contribution is -0.131. The molecule has 2 nitrogen and oxygen atoms in total. The highest BCUT2D eigenvalue weighted by Crippen LogP contribution is 2.75. The summed E-state index contributed by atoms with van der Waals surface area (Å²) in [4.78, 5) is 0. The van der Waals surface area contributed by atoms with E-state index in [1.807, 2.05) is 0 Å². The summed E-state index contributed by atoms with van der Waals surface area (Å²) in [7, 11) is 0. The summed E-state index contributed by atoms with van der Waals surface area (Å²) in [6, 6.07) is 0. The van der Waals surface area contributed by atoms with Gasteiger partial charge >= 0.3 is 0 Å². The maximum Gasteiger partial charge on any atom is 0.180 e. The standard InChI is InChI=1S/C11H20O2/c1-7-8(2)13-11(12-7)9(3,4)10(11,5)6/h7-8H,1-6H3/t7-,8+. The van der Waals surface area contributed by atoms with Crippen molar-refractivity contribution >= 4 is 0 Å². The Labute approximate surface area is 80.6 Å². The molecule has 2 heteroatoms. The van der Waals surface area contributed by atoms with E-state index in [9.17, 15) is 0 Å². The van der Waals surface area contributed by atoms with Crippen LogP contribution in [0.2, 0.25) is 0 Å². The van der Waals surface area contributed by atoms with Gasteiger partial charge in [-0.05, 0) is 13.8 Å². The van der Waals surface area contributed by atoms with Gasteiger partial charge in [-0.3, -0.25) is 0 Å². The van der Waals surface area contributed by atoms with E-state index >= 15 is 0 Å². The van der Waals surface area contributed by atoms with E-state index in [0.717, 1.165) is 0 Å². The summed E-state index contributed by atoms with van der Waals surface area (Å²) in [5.74, 6) is -0.321. The molecule has 0 radical (unpaired) electrons. The second-order valence-corrected chi connectivity index (χ2v) is 5.51. The fourth-order valence-corrected chi connectivity index (χ4v) is 2.54. The van der Waals surface area contributed by atoms with Crippen LogP contribution < -0.4 is 0 Å². The van der Waals surface area contributed by atoms with Crippen LogP contribution in [0.25, 0.3) is 0 Å². The van der Waals surface area contributed by atoms with Gasteiger partial charge in [0, 0.05) is 10.8 Å². The zero-order chi connectivity index (χ0) is 10.1. The maximum absolute atomic E-state index is 5.98. The third-order valence-electron chi connectivity index (χ3n) is 4.51. The summed E-state index contributed by atoms with van der Waals surface area (Å²) in [5, 5.41) is 0. The third-order valence-corrected chi connectivity index (χ3v) is 4.51. The smallest absolute Gasteiger partial charge is 0.180 e. The monoisotopic (exact) mass is 184 g/mol. The minimum Gasteiger partial charge on any atom is -0.343 e. The van der Waals surface area contributed by atoms with Crippen molar-refractivity contribution in [2.24, 2.45) is 10.8 Å². The van der Waals surface area contributed by atoms with E-state index in [4.69, 9.17) is 9.47 Å². The summed E-state index contributed by atoms with van der Waals surface area (Å²) >= 11 is 0. The molecule has 0 bridgehead atoms. The molecule has 0 aromatic rings. The zero-order valence-corrected chi connectivity index (χ0v) is 9.47. The molecule has 2 fully saturated rings. The Balaban J connectivity index is 2.29. The average Bonchev–Trinajstić information content (AvgIpc) is 2.30. The van der Waals surface area contributed by atoms with E-state index in [2.05, 4.69) is 41.5 Å². The SMILES string of the molecule is C[C@@H]1OC2(O[C@@H]1C)C(C)(C)C2(C)C. The Morgan fingerprint density at radius 2 is 1.08 bits per heavy atom. The van der Waals surface area contributed by atoms with E-state index in [1.54, 1.807) is 0 Å². The Morgan fingerprint density at radius 1 is 0.769 bits per heavy atom. The van der Waals surface area contributed by atoms with Gasteiger partial charge < -0.3 is 9.47 Å². The molecule has 2 aliphatic rings. The normalized spacial score (nSPS) is 43.8. The second kappa shape index (κ2) is 2.12. The van der Waals surface area contributed by atoms with Crippen LogP contribution in [-0.2, 0) is 9.47 Å². The molecule has 1 aliphatic heterocycles. The molecule has 2 rings (SSSR count). The molecule has 0 aromatic carbocycles. The largest absolute Gasteiger partial charge is 0.343 e. The number of hydrogen-bond acceptors (Lipinski definition) is 2. The summed E-state index contributed by atoms with van der Waals surface area (Å²) in [5.41, 5.74) is 0.276. The van der Waals surface area contributed by atoms with Crippen molar-refractivity contribution in [3.05, 3.63) is 0 Å². The van der Waals surface area contributed by atoms with Crippen molar-refractivity contribution in [3.8, 4) is 0 Å². The van der Waals surface area contributed by atoms with Crippen molar-refractivity contribution in [2.45, 2.75) is 59.5 Å². The molecule has 76 valence electrons. The zero-order valence-electron chi connectivity index (χ0n) is 9.47. The average molecular weight is 184 g/mol. The molecule has 0 aromatic heterocycles. The van der Waals surface area contributed by atoms with Gasteiger partial charge in [0.15, 0.2) is 5.79 Å². The quantitative estimate of drug-likeness (QED) is 0.576. The van der Waals surface area contributed by atoms with E-state index in [0.29, 0.717) is 0 Å². The van der Waals surface area contributed by atoms with Crippen molar-refractivity contribution in [2.75, 3.05) is 0 Å². The number of hydrogen-bond donors (Lipinski definition) is 0. The Hall–Kier alpha value is -0.0800. The maximum atomic E-state index is 5.98. The lowest BCUT2D eigenvalue weighted by Gasteiger charge is -2.13. The minimum atomic E-state index is -0.321. The summed E-state index contributed by atoms with van der Waals surface area (Å²) in [6.45, 7) is 13.1. The highest BCUT2D eigenvalue weighted by Gasteiger charge is 2.83. The molecular weight excluding hydrogens is 164 g/mol. The Morgan fingerprint density at radius 3 is 1.23 bits per heavy atom. The fourth-order valence-electron chi connectivity index (χ4n) is 2.54. The topological polar surface area (TPSA) is 18.5 Å². The minimum absolute atomic E-state index is 0.138. The van der Waals surface area contributed by atoms with Crippen LogP contribution in [0.4, 0.5) is 0 Å². The van der Waals surface area contributed by atoms with Gasteiger partial charge in [0.2, 0.25) is 0 Å². The molecule has 1 saturated heterocycles. The van der Waals surface area contributed by atoms with Crippen LogP contribution in [0, 0.1) is 10.8 Å². The highest BCUT2D eigenvalue weighted by atomic mass is 16.8. The lowest BCUT2D eigenvalue weighted by atomic mass is 10.0. The molecule has 1 heterocycles. The molecule has 1 spiro atoms. The molecule has 13 heavy (non-hydrogen) atoms. The highest BCUT2D eigenvalue weighted by molar-refractivity contribution is 5.23. The summed E-state index contributed by atoms with van der Waals surface area (Å²) < 4.78 is 12.0. The number of ether oxygens (including phenoxy) is 2. The van der Waals surface area contributed by atoms with Crippen LogP contribution in [0.3, 0.4) is 0 Å². The van der Waals surface area contributed by atoms with Crippen LogP contribution in [0.15, 0.2) is 0 Å². The Bertz CT molecular complexity index is 216. The predicted molar refractivity (Wildman–Crippen MR) is 51.4 cm³/mol. The summed E-state index contributed by atoms with van der Waals surface area (Å²) in [6.07, 6.45) is 0.446. The Kier molecular flexibility index (Phi) is 1.54. The van der Waals surface area contributed by atoms with E-state index < -0.39 is 0 Å².